The molecule has 1 aliphatic carbocycles. The minimum atomic E-state index is -2.82. The predicted octanol–water partition coefficient (Wildman–Crippen LogP) is 2.22. The van der Waals surface area contributed by atoms with Crippen molar-refractivity contribution in [3.05, 3.63) is 29.8 Å². The van der Waals surface area contributed by atoms with E-state index in [2.05, 4.69) is 10.1 Å². The van der Waals surface area contributed by atoms with E-state index >= 15 is 0 Å². The Morgan fingerprint density at radius 3 is 2.48 bits per heavy atom. The summed E-state index contributed by atoms with van der Waals surface area (Å²) in [6, 6.07) is 6.39. The van der Waals surface area contributed by atoms with Crippen molar-refractivity contribution in [1.82, 2.24) is 5.32 Å². The number of halogens is 2. The summed E-state index contributed by atoms with van der Waals surface area (Å²) in [6.45, 7) is -2.34. The molecule has 0 saturated heterocycles. The van der Waals surface area contributed by atoms with Crippen LogP contribution in [-0.2, 0) is 11.2 Å². The van der Waals surface area contributed by atoms with Gasteiger partial charge in [-0.3, -0.25) is 4.79 Å². The fourth-order valence-electron chi connectivity index (χ4n) is 2.57. The lowest BCUT2D eigenvalue weighted by Gasteiger charge is -2.22. The van der Waals surface area contributed by atoms with Crippen LogP contribution in [-0.4, -0.2) is 24.6 Å². The second-order valence-corrected chi connectivity index (χ2v) is 5.39. The largest absolute Gasteiger partial charge is 0.435 e. The molecule has 1 saturated carbocycles. The number of carbonyl (C=O) groups excluding carboxylic acids is 1. The quantitative estimate of drug-likeness (QED) is 0.846. The van der Waals surface area contributed by atoms with Gasteiger partial charge in [-0.05, 0) is 37.0 Å². The summed E-state index contributed by atoms with van der Waals surface area (Å²) in [5, 5.41) is 2.85. The maximum atomic E-state index is 12.0. The van der Waals surface area contributed by atoms with Crippen molar-refractivity contribution in [3.63, 3.8) is 0 Å². The van der Waals surface area contributed by atoms with Gasteiger partial charge in [-0.25, -0.2) is 0 Å². The summed E-state index contributed by atoms with van der Waals surface area (Å²) in [6.07, 6.45) is 4.08. The van der Waals surface area contributed by atoms with Crippen LogP contribution in [0.25, 0.3) is 0 Å². The number of amides is 1. The first kappa shape index (κ1) is 15.7. The standard InChI is InChI=1S/C15H20F2N2O2/c16-14(17)21-12-5-3-11(4-6-12)7-10-19-13(20)15(18)8-1-2-9-15/h3-6,14H,1-2,7-10,18H2,(H,19,20). The van der Waals surface area contributed by atoms with Gasteiger partial charge in [0.25, 0.3) is 0 Å². The highest BCUT2D eigenvalue weighted by atomic mass is 19.3. The molecule has 116 valence electrons. The Hall–Kier alpha value is -1.69. The van der Waals surface area contributed by atoms with Crippen LogP contribution < -0.4 is 15.8 Å². The normalized spacial score (nSPS) is 17.0. The number of nitrogens with two attached hydrogens (primary N) is 1. The van der Waals surface area contributed by atoms with Crippen molar-refractivity contribution in [3.8, 4) is 5.75 Å². The second kappa shape index (κ2) is 6.85. The summed E-state index contributed by atoms with van der Waals surface area (Å²) in [5.41, 5.74) is 6.27. The highest BCUT2D eigenvalue weighted by Crippen LogP contribution is 2.27. The van der Waals surface area contributed by atoms with Crippen molar-refractivity contribution in [1.29, 1.82) is 0 Å². The van der Waals surface area contributed by atoms with Gasteiger partial charge in [-0.1, -0.05) is 25.0 Å². The van der Waals surface area contributed by atoms with Crippen LogP contribution in [0.5, 0.6) is 5.75 Å². The van der Waals surface area contributed by atoms with Crippen LogP contribution in [0.1, 0.15) is 31.2 Å². The number of benzene rings is 1. The van der Waals surface area contributed by atoms with Gasteiger partial charge in [0, 0.05) is 6.54 Å². The topological polar surface area (TPSA) is 64.4 Å². The third kappa shape index (κ3) is 4.39. The molecule has 0 unspecified atom stereocenters. The molecule has 6 heteroatoms. The summed E-state index contributed by atoms with van der Waals surface area (Å²) in [5.74, 6) is 0.0299. The molecule has 3 N–H and O–H groups in total. The monoisotopic (exact) mass is 298 g/mol. The highest BCUT2D eigenvalue weighted by Gasteiger charge is 2.36. The maximum absolute atomic E-state index is 12.0. The van der Waals surface area contributed by atoms with Gasteiger partial charge in [0.2, 0.25) is 5.91 Å². The molecule has 0 spiro atoms. The zero-order valence-electron chi connectivity index (χ0n) is 11.8. The van der Waals surface area contributed by atoms with Gasteiger partial charge in [-0.15, -0.1) is 0 Å². The number of ether oxygens (including phenoxy) is 1. The van der Waals surface area contributed by atoms with E-state index < -0.39 is 12.2 Å². The summed E-state index contributed by atoms with van der Waals surface area (Å²) < 4.78 is 28.3. The van der Waals surface area contributed by atoms with Crippen LogP contribution in [0, 0.1) is 0 Å². The molecule has 0 radical (unpaired) electrons. The average Bonchev–Trinajstić information content (AvgIpc) is 2.88. The van der Waals surface area contributed by atoms with Gasteiger partial charge < -0.3 is 15.8 Å². The van der Waals surface area contributed by atoms with Crippen LogP contribution in [0.2, 0.25) is 0 Å². The van der Waals surface area contributed by atoms with Crippen molar-refractivity contribution in [2.45, 2.75) is 44.3 Å². The van der Waals surface area contributed by atoms with Crippen LogP contribution in [0.3, 0.4) is 0 Å². The van der Waals surface area contributed by atoms with E-state index in [1.165, 1.54) is 12.1 Å². The highest BCUT2D eigenvalue weighted by molar-refractivity contribution is 5.86. The first-order valence-corrected chi connectivity index (χ1v) is 7.10. The minimum Gasteiger partial charge on any atom is -0.435 e. The molecule has 0 aromatic heterocycles. The third-order valence-electron chi connectivity index (χ3n) is 3.80. The molecule has 0 bridgehead atoms. The summed E-state index contributed by atoms with van der Waals surface area (Å²) in [7, 11) is 0. The Kier molecular flexibility index (Phi) is 5.12. The number of rotatable bonds is 6. The Morgan fingerprint density at radius 2 is 1.90 bits per heavy atom. The lowest BCUT2D eigenvalue weighted by Crippen LogP contribution is -2.52. The molecule has 0 atom stereocenters. The van der Waals surface area contributed by atoms with Gasteiger partial charge >= 0.3 is 6.61 Å². The van der Waals surface area contributed by atoms with Crippen LogP contribution >= 0.6 is 0 Å². The van der Waals surface area contributed by atoms with Crippen molar-refractivity contribution >= 4 is 5.91 Å². The van der Waals surface area contributed by atoms with Gasteiger partial charge in [-0.2, -0.15) is 8.78 Å². The van der Waals surface area contributed by atoms with E-state index in [0.29, 0.717) is 13.0 Å². The van der Waals surface area contributed by atoms with E-state index in [4.69, 9.17) is 5.73 Å². The lowest BCUT2D eigenvalue weighted by atomic mass is 9.98. The summed E-state index contributed by atoms with van der Waals surface area (Å²) in [4.78, 5) is 12.0. The molecule has 0 aliphatic heterocycles. The molecule has 1 aliphatic rings. The lowest BCUT2D eigenvalue weighted by molar-refractivity contribution is -0.126. The molecule has 1 aromatic carbocycles. The number of alkyl halides is 2. The average molecular weight is 298 g/mol. The fraction of sp³-hybridized carbons (Fsp3) is 0.533. The summed E-state index contributed by atoms with van der Waals surface area (Å²) >= 11 is 0. The molecule has 1 fully saturated rings. The fourth-order valence-corrected chi connectivity index (χ4v) is 2.57. The van der Waals surface area contributed by atoms with E-state index in [9.17, 15) is 13.6 Å². The van der Waals surface area contributed by atoms with Crippen LogP contribution in [0.15, 0.2) is 24.3 Å². The first-order chi connectivity index (χ1) is 9.99. The van der Waals surface area contributed by atoms with Gasteiger partial charge in [0.15, 0.2) is 0 Å². The van der Waals surface area contributed by atoms with Gasteiger partial charge in [0.05, 0.1) is 5.54 Å². The molecule has 4 nitrogen and oxygen atoms in total. The van der Waals surface area contributed by atoms with Crippen LogP contribution in [0.4, 0.5) is 8.78 Å². The third-order valence-corrected chi connectivity index (χ3v) is 3.80. The minimum absolute atomic E-state index is 0.0994. The molecule has 1 aromatic rings. The Morgan fingerprint density at radius 1 is 1.29 bits per heavy atom. The predicted molar refractivity (Wildman–Crippen MR) is 75.2 cm³/mol. The Labute approximate surface area is 122 Å². The zero-order chi connectivity index (χ0) is 15.3. The van der Waals surface area contributed by atoms with Crippen molar-refractivity contribution < 1.29 is 18.3 Å². The van der Waals surface area contributed by atoms with E-state index in [0.717, 1.165) is 31.2 Å². The molecular formula is C15H20F2N2O2. The van der Waals surface area contributed by atoms with E-state index in [1.807, 2.05) is 0 Å². The van der Waals surface area contributed by atoms with E-state index in [1.54, 1.807) is 12.1 Å². The first-order valence-electron chi connectivity index (χ1n) is 7.10. The van der Waals surface area contributed by atoms with Crippen molar-refractivity contribution in [2.75, 3.05) is 6.54 Å². The number of hydrogen-bond donors (Lipinski definition) is 2. The van der Waals surface area contributed by atoms with Crippen molar-refractivity contribution in [2.24, 2.45) is 5.73 Å². The Bertz CT molecular complexity index is 471. The smallest absolute Gasteiger partial charge is 0.387 e. The second-order valence-electron chi connectivity index (χ2n) is 5.39. The maximum Gasteiger partial charge on any atom is 0.387 e. The van der Waals surface area contributed by atoms with Gasteiger partial charge in [0.1, 0.15) is 5.75 Å². The SMILES string of the molecule is NC1(C(=O)NCCc2ccc(OC(F)F)cc2)CCCC1. The number of carbonyl (C=O) groups is 1. The molecular weight excluding hydrogens is 278 g/mol. The molecule has 21 heavy (non-hydrogen) atoms. The zero-order valence-corrected chi connectivity index (χ0v) is 11.8. The Balaban J connectivity index is 1.77. The van der Waals surface area contributed by atoms with E-state index in [-0.39, 0.29) is 11.7 Å². The molecule has 1 amide bonds. The molecule has 2 rings (SSSR count). The number of nitrogens with one attached hydrogen (secondary N) is 1. The number of hydrogen-bond acceptors (Lipinski definition) is 3. The molecule has 0 heterocycles.